The molecule has 0 bridgehead atoms. The molecule has 5 heteroatoms. The molecule has 0 saturated carbocycles. The smallest absolute Gasteiger partial charge is 0.136 e. The molecule has 2 heterocycles. The zero-order valence-corrected chi connectivity index (χ0v) is 14.1. The number of aromatic nitrogens is 1. The van der Waals surface area contributed by atoms with Crippen LogP contribution >= 0.6 is 12.2 Å². The highest BCUT2D eigenvalue weighted by molar-refractivity contribution is 7.80. The number of thiocarbonyl (C=S) groups is 1. The third-order valence-electron chi connectivity index (χ3n) is 4.17. The Morgan fingerprint density at radius 1 is 1.38 bits per heavy atom. The summed E-state index contributed by atoms with van der Waals surface area (Å²) in [5.74, 6) is 0.823. The first-order chi connectivity index (χ1) is 9.99. The van der Waals surface area contributed by atoms with Crippen LogP contribution in [-0.2, 0) is 0 Å². The number of rotatable bonds is 5. The van der Waals surface area contributed by atoms with Crippen LogP contribution in [0, 0.1) is 13.8 Å². The molecule has 0 amide bonds. The van der Waals surface area contributed by atoms with E-state index in [-0.39, 0.29) is 0 Å². The number of likely N-dealkylation sites (tertiary alicyclic amines) is 1. The largest absolute Gasteiger partial charge is 0.389 e. The predicted octanol–water partition coefficient (Wildman–Crippen LogP) is 2.62. The number of nitrogens with one attached hydrogen (secondary N) is 1. The maximum Gasteiger partial charge on any atom is 0.136 e. The fraction of sp³-hybridized carbons (Fsp3) is 0.625. The van der Waals surface area contributed by atoms with E-state index in [0.717, 1.165) is 29.2 Å². The highest BCUT2D eigenvalue weighted by Gasteiger charge is 2.18. The summed E-state index contributed by atoms with van der Waals surface area (Å²) in [4.78, 5) is 7.53. The van der Waals surface area contributed by atoms with Crippen molar-refractivity contribution < 1.29 is 0 Å². The van der Waals surface area contributed by atoms with Crippen molar-refractivity contribution in [1.82, 2.24) is 9.88 Å². The zero-order chi connectivity index (χ0) is 15.4. The number of anilines is 1. The molecule has 1 unspecified atom stereocenters. The average Bonchev–Trinajstić information content (AvgIpc) is 2.44. The van der Waals surface area contributed by atoms with Crippen molar-refractivity contribution in [1.29, 1.82) is 0 Å². The van der Waals surface area contributed by atoms with Gasteiger partial charge in [-0.25, -0.2) is 4.98 Å². The van der Waals surface area contributed by atoms with Crippen LogP contribution in [0.3, 0.4) is 0 Å². The Kier molecular flexibility index (Phi) is 5.53. The van der Waals surface area contributed by atoms with Gasteiger partial charge in [0.1, 0.15) is 10.8 Å². The summed E-state index contributed by atoms with van der Waals surface area (Å²) in [7, 11) is 0. The zero-order valence-electron chi connectivity index (χ0n) is 13.3. The van der Waals surface area contributed by atoms with Crippen LogP contribution in [0.25, 0.3) is 0 Å². The summed E-state index contributed by atoms with van der Waals surface area (Å²) in [6.45, 7) is 9.56. The van der Waals surface area contributed by atoms with E-state index in [4.69, 9.17) is 18.0 Å². The van der Waals surface area contributed by atoms with Gasteiger partial charge in [-0.3, -0.25) is 4.90 Å². The molecule has 0 spiro atoms. The number of piperidine rings is 1. The van der Waals surface area contributed by atoms with Crippen molar-refractivity contribution in [3.63, 3.8) is 0 Å². The molecule has 116 valence electrons. The molecule has 1 aromatic rings. The summed E-state index contributed by atoms with van der Waals surface area (Å²) in [6.07, 6.45) is 3.98. The number of hydrogen-bond acceptors (Lipinski definition) is 4. The summed E-state index contributed by atoms with van der Waals surface area (Å²) < 4.78 is 0. The van der Waals surface area contributed by atoms with Crippen molar-refractivity contribution in [2.24, 2.45) is 5.73 Å². The topological polar surface area (TPSA) is 54.2 Å². The van der Waals surface area contributed by atoms with Crippen LogP contribution in [0.1, 0.15) is 43.0 Å². The van der Waals surface area contributed by atoms with Gasteiger partial charge in [0, 0.05) is 18.3 Å². The van der Waals surface area contributed by atoms with Crippen molar-refractivity contribution >= 4 is 23.0 Å². The lowest BCUT2D eigenvalue weighted by Crippen LogP contribution is -2.41. The lowest BCUT2D eigenvalue weighted by atomic mass is 10.1. The van der Waals surface area contributed by atoms with Crippen LogP contribution in [0.15, 0.2) is 6.07 Å². The fourth-order valence-electron chi connectivity index (χ4n) is 3.01. The second-order valence-corrected chi connectivity index (χ2v) is 6.43. The lowest BCUT2D eigenvalue weighted by molar-refractivity contribution is 0.180. The fourth-order valence-corrected chi connectivity index (χ4v) is 3.27. The van der Waals surface area contributed by atoms with E-state index in [1.807, 2.05) is 19.9 Å². The van der Waals surface area contributed by atoms with Crippen molar-refractivity contribution in [3.05, 3.63) is 22.9 Å². The molecule has 0 aliphatic carbocycles. The summed E-state index contributed by atoms with van der Waals surface area (Å²) in [6, 6.07) is 2.51. The number of nitrogens with zero attached hydrogens (tertiary/aromatic N) is 2. The first-order valence-electron chi connectivity index (χ1n) is 7.75. The Bertz CT molecular complexity index is 509. The molecule has 1 aromatic heterocycles. The Hall–Kier alpha value is -1.20. The second kappa shape index (κ2) is 7.18. The van der Waals surface area contributed by atoms with E-state index in [1.165, 1.54) is 32.4 Å². The van der Waals surface area contributed by atoms with Crippen LogP contribution < -0.4 is 11.1 Å². The van der Waals surface area contributed by atoms with E-state index >= 15 is 0 Å². The maximum atomic E-state index is 5.86. The monoisotopic (exact) mass is 306 g/mol. The first-order valence-corrected chi connectivity index (χ1v) is 8.16. The number of aryl methyl sites for hydroxylation is 2. The predicted molar refractivity (Wildman–Crippen MR) is 93.0 cm³/mol. The molecule has 3 N–H and O–H groups in total. The molecule has 1 aliphatic heterocycles. The number of pyridine rings is 1. The lowest BCUT2D eigenvalue weighted by Gasteiger charge is -2.32. The summed E-state index contributed by atoms with van der Waals surface area (Å²) >= 11 is 5.17. The van der Waals surface area contributed by atoms with Gasteiger partial charge < -0.3 is 11.1 Å². The average molecular weight is 306 g/mol. The maximum absolute atomic E-state index is 5.86. The molecule has 1 atom stereocenters. The minimum atomic E-state index is 0.410. The van der Waals surface area contributed by atoms with Gasteiger partial charge in [-0.05, 0) is 58.3 Å². The van der Waals surface area contributed by atoms with Gasteiger partial charge in [0.2, 0.25) is 0 Å². The number of hydrogen-bond donors (Lipinski definition) is 2. The van der Waals surface area contributed by atoms with E-state index < -0.39 is 0 Å². The third-order valence-corrected chi connectivity index (χ3v) is 4.37. The Morgan fingerprint density at radius 2 is 2.05 bits per heavy atom. The Balaban J connectivity index is 2.06. The highest BCUT2D eigenvalue weighted by atomic mass is 32.1. The standard InChI is InChI=1S/C16H26N4S/c1-11-9-12(2)19-16(14(11)15(17)21)18-10-13(3)20-7-5-4-6-8-20/h9,13H,4-8,10H2,1-3H3,(H2,17,21)(H,18,19). The molecule has 1 aliphatic rings. The first kappa shape index (κ1) is 16.2. The van der Waals surface area contributed by atoms with Crippen molar-refractivity contribution in [2.45, 2.75) is 46.1 Å². The van der Waals surface area contributed by atoms with Gasteiger partial charge in [-0.1, -0.05) is 18.6 Å². The highest BCUT2D eigenvalue weighted by Crippen LogP contribution is 2.19. The summed E-state index contributed by atoms with van der Waals surface area (Å²) in [5.41, 5.74) is 8.80. The third kappa shape index (κ3) is 4.14. The van der Waals surface area contributed by atoms with E-state index in [2.05, 4.69) is 22.1 Å². The molecule has 2 rings (SSSR count). The number of nitrogens with two attached hydrogens (primary N) is 1. The SMILES string of the molecule is Cc1cc(C)c(C(N)=S)c(NCC(C)N2CCCCC2)n1. The minimum Gasteiger partial charge on any atom is -0.389 e. The van der Waals surface area contributed by atoms with E-state index in [1.54, 1.807) is 0 Å². The van der Waals surface area contributed by atoms with Crippen LogP contribution in [0.5, 0.6) is 0 Å². The molecule has 0 aromatic carbocycles. The van der Waals surface area contributed by atoms with Crippen LogP contribution in [0.2, 0.25) is 0 Å². The molecule has 4 nitrogen and oxygen atoms in total. The van der Waals surface area contributed by atoms with E-state index in [0.29, 0.717) is 11.0 Å². The molecular formula is C16H26N4S. The van der Waals surface area contributed by atoms with Gasteiger partial charge in [0.15, 0.2) is 0 Å². The van der Waals surface area contributed by atoms with Gasteiger partial charge in [-0.2, -0.15) is 0 Å². The van der Waals surface area contributed by atoms with Crippen LogP contribution in [0.4, 0.5) is 5.82 Å². The normalized spacial score (nSPS) is 17.5. The Morgan fingerprint density at radius 3 is 2.67 bits per heavy atom. The molecule has 0 radical (unpaired) electrons. The molecular weight excluding hydrogens is 280 g/mol. The molecule has 1 saturated heterocycles. The van der Waals surface area contributed by atoms with Crippen LogP contribution in [-0.4, -0.2) is 40.5 Å². The summed E-state index contributed by atoms with van der Waals surface area (Å²) in [5, 5.41) is 3.45. The second-order valence-electron chi connectivity index (χ2n) is 5.99. The van der Waals surface area contributed by atoms with E-state index in [9.17, 15) is 0 Å². The van der Waals surface area contributed by atoms with Gasteiger partial charge in [0.05, 0.1) is 5.56 Å². The Labute approximate surface area is 133 Å². The van der Waals surface area contributed by atoms with Crippen molar-refractivity contribution in [3.8, 4) is 0 Å². The quantitative estimate of drug-likeness (QED) is 0.819. The minimum absolute atomic E-state index is 0.410. The molecule has 21 heavy (non-hydrogen) atoms. The molecule has 1 fully saturated rings. The van der Waals surface area contributed by atoms with Gasteiger partial charge in [-0.15, -0.1) is 0 Å². The van der Waals surface area contributed by atoms with Crippen molar-refractivity contribution in [2.75, 3.05) is 25.0 Å². The van der Waals surface area contributed by atoms with Gasteiger partial charge in [0.25, 0.3) is 0 Å². The van der Waals surface area contributed by atoms with Gasteiger partial charge >= 0.3 is 0 Å².